The summed E-state index contributed by atoms with van der Waals surface area (Å²) >= 11 is 0. The highest BCUT2D eigenvalue weighted by molar-refractivity contribution is 6.08. The van der Waals surface area contributed by atoms with Crippen LogP contribution in [0, 0.1) is 0 Å². The van der Waals surface area contributed by atoms with Gasteiger partial charge in [0.15, 0.2) is 5.82 Å². The zero-order chi connectivity index (χ0) is 17.7. The first kappa shape index (κ1) is 14.5. The van der Waals surface area contributed by atoms with Gasteiger partial charge in [-0.05, 0) is 30.3 Å². The Hall–Kier alpha value is -3.80. The second-order valence-electron chi connectivity index (χ2n) is 6.18. The molecule has 0 spiro atoms. The average molecular weight is 342 g/mol. The van der Waals surface area contributed by atoms with Gasteiger partial charge in [-0.2, -0.15) is 0 Å². The van der Waals surface area contributed by atoms with Crippen LogP contribution in [0.15, 0.2) is 60.9 Å². The zero-order valence-corrected chi connectivity index (χ0v) is 13.6. The maximum absolute atomic E-state index is 12.8. The van der Waals surface area contributed by atoms with E-state index in [1.807, 2.05) is 30.5 Å². The molecule has 2 aromatic carbocycles. The second-order valence-corrected chi connectivity index (χ2v) is 6.18. The van der Waals surface area contributed by atoms with Crippen LogP contribution in [0.3, 0.4) is 0 Å². The monoisotopic (exact) mass is 342 g/mol. The number of fused-ring (bicyclic) bond motifs is 2. The van der Waals surface area contributed by atoms with Gasteiger partial charge in [-0.15, -0.1) is 0 Å². The lowest BCUT2D eigenvalue weighted by atomic mass is 10.1. The summed E-state index contributed by atoms with van der Waals surface area (Å²) in [5.41, 5.74) is 3.98. The molecule has 0 aliphatic rings. The van der Waals surface area contributed by atoms with E-state index < -0.39 is 0 Å². The summed E-state index contributed by atoms with van der Waals surface area (Å²) in [5.74, 6) is 0.197. The number of aromatic nitrogens is 4. The average Bonchev–Trinajstić information content (AvgIpc) is 3.37. The first-order valence-corrected chi connectivity index (χ1v) is 8.17. The van der Waals surface area contributed by atoms with Gasteiger partial charge in [0.25, 0.3) is 0 Å². The van der Waals surface area contributed by atoms with Crippen molar-refractivity contribution in [3.8, 4) is 17.0 Å². The van der Waals surface area contributed by atoms with E-state index in [0.29, 0.717) is 5.69 Å². The summed E-state index contributed by atoms with van der Waals surface area (Å²) in [7, 11) is 0. The van der Waals surface area contributed by atoms with E-state index in [1.54, 1.807) is 30.5 Å². The van der Waals surface area contributed by atoms with Crippen molar-refractivity contribution in [2.45, 2.75) is 0 Å². The van der Waals surface area contributed by atoms with Gasteiger partial charge in [-0.25, -0.2) is 4.98 Å². The van der Waals surface area contributed by atoms with Crippen molar-refractivity contribution in [3.63, 3.8) is 0 Å². The van der Waals surface area contributed by atoms with Gasteiger partial charge in [0.2, 0.25) is 5.78 Å². The fourth-order valence-corrected chi connectivity index (χ4v) is 3.24. The molecular weight excluding hydrogens is 328 g/mol. The van der Waals surface area contributed by atoms with Gasteiger partial charge in [-0.1, -0.05) is 18.2 Å². The van der Waals surface area contributed by atoms with Crippen LogP contribution in [0.25, 0.3) is 33.1 Å². The number of carbonyl (C=O) groups excluding carboxylic acids is 1. The Bertz CT molecular complexity index is 1280. The van der Waals surface area contributed by atoms with Gasteiger partial charge < -0.3 is 20.1 Å². The van der Waals surface area contributed by atoms with E-state index in [2.05, 4.69) is 19.9 Å². The predicted octanol–water partition coefficient (Wildman–Crippen LogP) is 3.98. The third kappa shape index (κ3) is 2.20. The predicted molar refractivity (Wildman–Crippen MR) is 99.3 cm³/mol. The van der Waals surface area contributed by atoms with Crippen LogP contribution in [-0.4, -0.2) is 30.8 Å². The summed E-state index contributed by atoms with van der Waals surface area (Å²) in [6, 6.07) is 14.6. The minimum Gasteiger partial charge on any atom is -0.508 e. The molecule has 0 fully saturated rings. The number of benzene rings is 2. The highest BCUT2D eigenvalue weighted by Crippen LogP contribution is 2.27. The maximum Gasteiger partial charge on any atom is 0.244 e. The molecule has 0 aliphatic carbocycles. The molecule has 6 nitrogen and oxygen atoms in total. The smallest absolute Gasteiger partial charge is 0.244 e. The van der Waals surface area contributed by atoms with Gasteiger partial charge in [0, 0.05) is 33.6 Å². The van der Waals surface area contributed by atoms with E-state index in [0.717, 1.165) is 33.1 Å². The molecule has 5 rings (SSSR count). The molecule has 126 valence electrons. The van der Waals surface area contributed by atoms with Crippen LogP contribution in [0.4, 0.5) is 0 Å². The van der Waals surface area contributed by atoms with Crippen molar-refractivity contribution in [3.05, 3.63) is 72.4 Å². The molecular formula is C20H14N4O2. The van der Waals surface area contributed by atoms with E-state index in [4.69, 9.17) is 0 Å². The number of nitrogens with zero attached hydrogens (tertiary/aromatic N) is 1. The van der Waals surface area contributed by atoms with Gasteiger partial charge >= 0.3 is 0 Å². The largest absolute Gasteiger partial charge is 0.508 e. The number of phenols is 1. The molecule has 4 N–H and O–H groups in total. The fraction of sp³-hybridized carbons (Fsp3) is 0. The Morgan fingerprint density at radius 2 is 1.88 bits per heavy atom. The van der Waals surface area contributed by atoms with Crippen molar-refractivity contribution in [2.24, 2.45) is 0 Å². The SMILES string of the molecule is O=C(c1cc2cc(O)ccc2[nH]1)c1ncc(-c2c[nH]c3ccccc23)[nH]1. The third-order valence-corrected chi connectivity index (χ3v) is 4.52. The summed E-state index contributed by atoms with van der Waals surface area (Å²) in [6.07, 6.45) is 3.56. The molecule has 0 saturated heterocycles. The molecule has 0 atom stereocenters. The summed E-state index contributed by atoms with van der Waals surface area (Å²) < 4.78 is 0. The number of H-pyrrole nitrogens is 3. The maximum atomic E-state index is 12.8. The van der Waals surface area contributed by atoms with Gasteiger partial charge in [0.1, 0.15) is 5.75 Å². The second kappa shape index (κ2) is 5.35. The number of phenolic OH excluding ortho intramolecular Hbond substituents is 1. The summed E-state index contributed by atoms with van der Waals surface area (Å²) in [6.45, 7) is 0. The van der Waals surface area contributed by atoms with E-state index in [9.17, 15) is 9.90 Å². The quantitative estimate of drug-likeness (QED) is 0.373. The van der Waals surface area contributed by atoms with Crippen molar-refractivity contribution < 1.29 is 9.90 Å². The molecule has 6 heteroatoms. The Labute approximate surface area is 147 Å². The lowest BCUT2D eigenvalue weighted by Crippen LogP contribution is -2.03. The van der Waals surface area contributed by atoms with Crippen molar-refractivity contribution >= 4 is 27.6 Å². The Kier molecular flexibility index (Phi) is 2.99. The van der Waals surface area contributed by atoms with Crippen LogP contribution in [0.5, 0.6) is 5.75 Å². The molecule has 3 aromatic heterocycles. The Balaban J connectivity index is 1.53. The van der Waals surface area contributed by atoms with Gasteiger partial charge in [0.05, 0.1) is 17.6 Å². The fourth-order valence-electron chi connectivity index (χ4n) is 3.24. The molecule has 0 radical (unpaired) electrons. The van der Waals surface area contributed by atoms with Crippen LogP contribution >= 0.6 is 0 Å². The topological polar surface area (TPSA) is 97.6 Å². The zero-order valence-electron chi connectivity index (χ0n) is 13.6. The number of hydrogen-bond donors (Lipinski definition) is 4. The first-order chi connectivity index (χ1) is 12.7. The van der Waals surface area contributed by atoms with Crippen LogP contribution in [-0.2, 0) is 0 Å². The Morgan fingerprint density at radius 1 is 1.00 bits per heavy atom. The minimum atomic E-state index is -0.230. The van der Waals surface area contributed by atoms with Crippen LogP contribution in [0.1, 0.15) is 16.3 Å². The lowest BCUT2D eigenvalue weighted by Gasteiger charge is -1.95. The molecule has 3 heterocycles. The summed E-state index contributed by atoms with van der Waals surface area (Å²) in [5, 5.41) is 11.4. The molecule has 0 bridgehead atoms. The number of hydrogen-bond acceptors (Lipinski definition) is 3. The Morgan fingerprint density at radius 3 is 2.81 bits per heavy atom. The van der Waals surface area contributed by atoms with E-state index in [1.165, 1.54) is 0 Å². The number of para-hydroxylation sites is 1. The van der Waals surface area contributed by atoms with Crippen LogP contribution < -0.4 is 0 Å². The number of rotatable bonds is 3. The number of aromatic amines is 3. The molecule has 0 unspecified atom stereocenters. The van der Waals surface area contributed by atoms with Crippen molar-refractivity contribution in [1.29, 1.82) is 0 Å². The third-order valence-electron chi connectivity index (χ3n) is 4.52. The summed E-state index contributed by atoms with van der Waals surface area (Å²) in [4.78, 5) is 26.4. The van der Waals surface area contributed by atoms with Crippen molar-refractivity contribution in [1.82, 2.24) is 19.9 Å². The molecule has 0 aliphatic heterocycles. The first-order valence-electron chi connectivity index (χ1n) is 8.17. The van der Waals surface area contributed by atoms with Crippen LogP contribution in [0.2, 0.25) is 0 Å². The molecule has 5 aromatic rings. The molecule has 26 heavy (non-hydrogen) atoms. The normalized spacial score (nSPS) is 11.4. The van der Waals surface area contributed by atoms with E-state index in [-0.39, 0.29) is 17.4 Å². The molecule has 0 saturated carbocycles. The number of ketones is 1. The van der Waals surface area contributed by atoms with Gasteiger partial charge in [-0.3, -0.25) is 4.79 Å². The number of imidazole rings is 1. The number of carbonyl (C=O) groups is 1. The highest BCUT2D eigenvalue weighted by Gasteiger charge is 2.17. The molecule has 0 amide bonds. The minimum absolute atomic E-state index is 0.162. The standard InChI is InChI=1S/C20H14N4O2/c25-12-5-6-15-11(7-12)8-17(23-15)19(26)20-22-10-18(24-20)14-9-21-16-4-2-1-3-13(14)16/h1-10,21,23,25H,(H,22,24). The lowest BCUT2D eigenvalue weighted by molar-refractivity contribution is 0.102. The highest BCUT2D eigenvalue weighted by atomic mass is 16.3. The number of aromatic hydroxyl groups is 1. The van der Waals surface area contributed by atoms with E-state index >= 15 is 0 Å². The van der Waals surface area contributed by atoms with Crippen molar-refractivity contribution in [2.75, 3.05) is 0 Å². The number of nitrogens with one attached hydrogen (secondary N) is 3.